The molecule has 0 spiro atoms. The number of carbonyl (C=O) groups is 3. The Balaban J connectivity index is 4.32. The molecule has 0 fully saturated rings. The summed E-state index contributed by atoms with van der Waals surface area (Å²) in [6.07, 6.45) is 2.05. The van der Waals surface area contributed by atoms with Gasteiger partial charge in [-0.2, -0.15) is 0 Å². The molecule has 0 aliphatic rings. The molecule has 0 heterocycles. The lowest BCUT2D eigenvalue weighted by Gasteiger charge is -2.19. The molecular weight excluding hydrogens is 266 g/mol. The third kappa shape index (κ3) is 7.82. The van der Waals surface area contributed by atoms with Gasteiger partial charge in [0.15, 0.2) is 0 Å². The molecule has 0 aliphatic carbocycles. The van der Waals surface area contributed by atoms with E-state index in [4.69, 9.17) is 15.9 Å². The number of carboxylic acid groups (broad SMARTS) is 2. The lowest BCUT2D eigenvalue weighted by molar-refractivity contribution is -0.143. The van der Waals surface area contributed by atoms with Crippen LogP contribution in [0.3, 0.4) is 0 Å². The lowest BCUT2D eigenvalue weighted by Crippen LogP contribution is -2.52. The first-order valence-corrected chi connectivity index (χ1v) is 6.60. The zero-order valence-corrected chi connectivity index (χ0v) is 11.6. The molecule has 0 radical (unpaired) electrons. The van der Waals surface area contributed by atoms with E-state index in [1.165, 1.54) is 0 Å². The predicted molar refractivity (Wildman–Crippen MR) is 71.9 cm³/mol. The highest BCUT2D eigenvalue weighted by molar-refractivity contribution is 5.81. The number of aliphatic carboxylic acids is 2. The average molecular weight is 289 g/mol. The second kappa shape index (κ2) is 10.3. The quantitative estimate of drug-likeness (QED) is 0.302. The van der Waals surface area contributed by atoms with Gasteiger partial charge in [0.1, 0.15) is 17.9 Å². The fourth-order valence-corrected chi connectivity index (χ4v) is 1.53. The van der Waals surface area contributed by atoms with Crippen LogP contribution in [0, 0.1) is 0 Å². The van der Waals surface area contributed by atoms with Gasteiger partial charge >= 0.3 is 11.9 Å². The summed E-state index contributed by atoms with van der Waals surface area (Å²) in [5, 5.41) is 18.0. The number of nitrogens with two attached hydrogens (primary N) is 1. The van der Waals surface area contributed by atoms with Crippen LogP contribution >= 0.6 is 0 Å². The summed E-state index contributed by atoms with van der Waals surface area (Å²) in [6.45, 7) is 1.80. The van der Waals surface area contributed by atoms with Crippen molar-refractivity contribution in [2.45, 2.75) is 51.1 Å². The first-order chi connectivity index (χ1) is 9.42. The number of hydrogen-bond acceptors (Lipinski definition) is 6. The summed E-state index contributed by atoms with van der Waals surface area (Å²) in [4.78, 5) is 33.1. The average Bonchev–Trinajstić information content (AvgIpc) is 2.40. The molecule has 20 heavy (non-hydrogen) atoms. The Bertz CT molecular complexity index is 335. The monoisotopic (exact) mass is 289 g/mol. The highest BCUT2D eigenvalue weighted by Gasteiger charge is 2.22. The number of unbranched alkanes of at least 4 members (excludes halogenated alkanes) is 1. The predicted octanol–water partition coefficient (Wildman–Crippen LogP) is -0.515. The molecule has 0 aromatic heterocycles. The molecule has 8 nitrogen and oxygen atoms in total. The molecule has 0 saturated heterocycles. The Kier molecular flexibility index (Phi) is 9.52. The summed E-state index contributed by atoms with van der Waals surface area (Å²) in [6, 6.07) is -1.89. The summed E-state index contributed by atoms with van der Waals surface area (Å²) >= 11 is 0. The summed E-state index contributed by atoms with van der Waals surface area (Å²) in [5.41, 5.74) is 10.1. The molecule has 0 amide bonds. The van der Waals surface area contributed by atoms with Gasteiger partial charge in [-0.25, -0.2) is 10.9 Å². The van der Waals surface area contributed by atoms with E-state index in [1.807, 2.05) is 6.92 Å². The normalized spacial score (nSPS) is 13.7. The topological polar surface area (TPSA) is 142 Å². The number of ketones is 1. The highest BCUT2D eigenvalue weighted by Crippen LogP contribution is 2.02. The maximum atomic E-state index is 11.1. The molecule has 0 bridgehead atoms. The zero-order valence-electron chi connectivity index (χ0n) is 11.6. The second-order valence-corrected chi connectivity index (χ2v) is 4.49. The van der Waals surface area contributed by atoms with Crippen molar-refractivity contribution in [3.63, 3.8) is 0 Å². The molecule has 8 heteroatoms. The number of nitrogens with one attached hydrogen (secondary N) is 2. The van der Waals surface area contributed by atoms with Crippen LogP contribution in [0.15, 0.2) is 0 Å². The van der Waals surface area contributed by atoms with Gasteiger partial charge in [-0.05, 0) is 12.8 Å². The van der Waals surface area contributed by atoms with Crippen molar-refractivity contribution in [1.29, 1.82) is 0 Å². The maximum Gasteiger partial charge on any atom is 0.322 e. The zero-order chi connectivity index (χ0) is 15.5. The van der Waals surface area contributed by atoms with E-state index in [0.29, 0.717) is 6.42 Å². The molecule has 0 rings (SSSR count). The summed E-state index contributed by atoms with van der Waals surface area (Å²) in [5.74, 6) is -2.44. The molecule has 0 unspecified atom stereocenters. The Morgan fingerprint density at radius 1 is 1.05 bits per heavy atom. The molecule has 0 aliphatic heterocycles. The third-order valence-electron chi connectivity index (χ3n) is 2.81. The van der Waals surface area contributed by atoms with E-state index in [9.17, 15) is 14.4 Å². The van der Waals surface area contributed by atoms with E-state index in [-0.39, 0.29) is 25.2 Å². The van der Waals surface area contributed by atoms with Gasteiger partial charge in [-0.1, -0.05) is 19.8 Å². The summed E-state index contributed by atoms with van der Waals surface area (Å²) < 4.78 is 0. The minimum absolute atomic E-state index is 0.0366. The molecule has 6 N–H and O–H groups in total. The molecular formula is C12H23N3O5. The fourth-order valence-electron chi connectivity index (χ4n) is 1.53. The number of hydrogen-bond donors (Lipinski definition) is 5. The van der Waals surface area contributed by atoms with E-state index in [1.54, 1.807) is 0 Å². The van der Waals surface area contributed by atoms with Gasteiger partial charge in [0.05, 0.1) is 6.54 Å². The van der Waals surface area contributed by atoms with Crippen LogP contribution in [0.2, 0.25) is 0 Å². The number of rotatable bonds is 12. The van der Waals surface area contributed by atoms with E-state index in [0.717, 1.165) is 12.8 Å². The van der Waals surface area contributed by atoms with E-state index >= 15 is 0 Å². The van der Waals surface area contributed by atoms with Gasteiger partial charge in [-0.3, -0.25) is 14.4 Å². The van der Waals surface area contributed by atoms with Crippen molar-refractivity contribution in [3.05, 3.63) is 0 Å². The van der Waals surface area contributed by atoms with Crippen LogP contribution < -0.4 is 16.6 Å². The number of carboxylic acids is 2. The Labute approximate surface area is 117 Å². The summed E-state index contributed by atoms with van der Waals surface area (Å²) in [7, 11) is 0. The second-order valence-electron chi connectivity index (χ2n) is 4.49. The fraction of sp³-hybridized carbons (Fsp3) is 0.750. The van der Waals surface area contributed by atoms with Crippen LogP contribution in [0.25, 0.3) is 0 Å². The van der Waals surface area contributed by atoms with Gasteiger partial charge in [-0.15, -0.1) is 0 Å². The standard InChI is InChI=1S/C12H23N3O5/c1-2-3-4-9(11(17)18)14-15-10(12(19)20)6-5-8(16)7-13/h9-10,14-15H,2-7,13H2,1H3,(H,17,18)(H,19,20)/t9-,10-/m0/s1. The molecule has 2 atom stereocenters. The van der Waals surface area contributed by atoms with Crippen molar-refractivity contribution in [2.75, 3.05) is 6.54 Å². The highest BCUT2D eigenvalue weighted by atomic mass is 16.4. The first kappa shape index (κ1) is 18.5. The van der Waals surface area contributed by atoms with Crippen LogP contribution in [0.1, 0.15) is 39.0 Å². The van der Waals surface area contributed by atoms with Crippen molar-refractivity contribution >= 4 is 17.7 Å². The first-order valence-electron chi connectivity index (χ1n) is 6.60. The molecule has 0 aromatic rings. The Morgan fingerprint density at radius 3 is 1.95 bits per heavy atom. The van der Waals surface area contributed by atoms with Gasteiger partial charge < -0.3 is 15.9 Å². The van der Waals surface area contributed by atoms with E-state index in [2.05, 4.69) is 10.9 Å². The van der Waals surface area contributed by atoms with Crippen molar-refractivity contribution in [2.24, 2.45) is 5.73 Å². The molecule has 0 saturated carbocycles. The third-order valence-corrected chi connectivity index (χ3v) is 2.81. The van der Waals surface area contributed by atoms with Crippen LogP contribution in [0.5, 0.6) is 0 Å². The Morgan fingerprint density at radius 2 is 1.55 bits per heavy atom. The van der Waals surface area contributed by atoms with Crippen molar-refractivity contribution < 1.29 is 24.6 Å². The minimum Gasteiger partial charge on any atom is -0.480 e. The van der Waals surface area contributed by atoms with Crippen molar-refractivity contribution in [1.82, 2.24) is 10.9 Å². The number of hydrazine groups is 1. The molecule has 0 aromatic carbocycles. The Hall–Kier alpha value is -1.51. The van der Waals surface area contributed by atoms with Crippen molar-refractivity contribution in [3.8, 4) is 0 Å². The van der Waals surface area contributed by atoms with Crippen LogP contribution in [0.4, 0.5) is 0 Å². The smallest absolute Gasteiger partial charge is 0.322 e. The van der Waals surface area contributed by atoms with E-state index < -0.39 is 24.0 Å². The van der Waals surface area contributed by atoms with Crippen LogP contribution in [-0.2, 0) is 14.4 Å². The van der Waals surface area contributed by atoms with Gasteiger partial charge in [0.25, 0.3) is 0 Å². The number of carbonyl (C=O) groups excluding carboxylic acids is 1. The number of Topliss-reactive ketones (excluding diaryl/α,β-unsaturated/α-hetero) is 1. The van der Waals surface area contributed by atoms with Gasteiger partial charge in [0.2, 0.25) is 0 Å². The molecule has 116 valence electrons. The maximum absolute atomic E-state index is 11.1. The van der Waals surface area contributed by atoms with Gasteiger partial charge in [0, 0.05) is 6.42 Å². The lowest BCUT2D eigenvalue weighted by atomic mass is 10.1. The minimum atomic E-state index is -1.15. The van der Waals surface area contributed by atoms with Crippen LogP contribution in [-0.4, -0.2) is 46.6 Å². The largest absolute Gasteiger partial charge is 0.480 e. The SMILES string of the molecule is CCCC[C@H](NN[C@@H](CCC(=O)CN)C(=O)O)C(=O)O.